The first kappa shape index (κ1) is 18.2. The van der Waals surface area contributed by atoms with Crippen LogP contribution in [0.4, 0.5) is 0 Å². The van der Waals surface area contributed by atoms with Crippen LogP contribution in [0.25, 0.3) is 0 Å². The summed E-state index contributed by atoms with van der Waals surface area (Å²) in [5.74, 6) is -0.263. The first-order valence-corrected chi connectivity index (χ1v) is 8.71. The highest BCUT2D eigenvalue weighted by molar-refractivity contribution is 5.08. The van der Waals surface area contributed by atoms with Crippen LogP contribution in [0.15, 0.2) is 0 Å². The fourth-order valence-electron chi connectivity index (χ4n) is 4.24. The van der Waals surface area contributed by atoms with Crippen LogP contribution in [-0.2, 0) is 14.3 Å². The number of rotatable bonds is 3. The van der Waals surface area contributed by atoms with Gasteiger partial charge in [0.1, 0.15) is 0 Å². The summed E-state index contributed by atoms with van der Waals surface area (Å²) in [5, 5.41) is 2.21. The van der Waals surface area contributed by atoms with E-state index in [0.29, 0.717) is 0 Å². The maximum atomic E-state index is 6.42. The van der Waals surface area contributed by atoms with Gasteiger partial charge in [0.2, 0.25) is 0 Å². The number of hydrogen-bond acceptors (Lipinski definition) is 4. The van der Waals surface area contributed by atoms with Gasteiger partial charge in [-0.25, -0.2) is 0 Å². The van der Waals surface area contributed by atoms with E-state index >= 15 is 0 Å². The van der Waals surface area contributed by atoms with E-state index < -0.39 is 5.79 Å². The number of piperidine rings is 1. The van der Waals surface area contributed by atoms with Crippen molar-refractivity contribution in [3.05, 3.63) is 0 Å². The summed E-state index contributed by atoms with van der Waals surface area (Å²) in [4.78, 5) is 5.87. The molecular weight excluding hydrogens is 278 g/mol. The fourth-order valence-corrected chi connectivity index (χ4v) is 4.24. The highest BCUT2D eigenvalue weighted by Crippen LogP contribution is 2.53. The molecule has 1 spiro atoms. The summed E-state index contributed by atoms with van der Waals surface area (Å²) < 4.78 is 12.8. The average Bonchev–Trinajstić information content (AvgIpc) is 2.48. The predicted octanol–water partition coefficient (Wildman–Crippen LogP) is 4.00. The summed E-state index contributed by atoms with van der Waals surface area (Å²) >= 11 is 0. The van der Waals surface area contributed by atoms with Crippen LogP contribution in [-0.4, -0.2) is 42.3 Å². The van der Waals surface area contributed by atoms with E-state index in [-0.39, 0.29) is 22.4 Å². The molecule has 0 aromatic carbocycles. The maximum absolute atomic E-state index is 6.42. The van der Waals surface area contributed by atoms with Crippen molar-refractivity contribution in [1.82, 2.24) is 5.06 Å². The lowest BCUT2D eigenvalue weighted by atomic mass is 9.67. The molecule has 2 rings (SSSR count). The predicted molar refractivity (Wildman–Crippen MR) is 88.4 cm³/mol. The van der Waals surface area contributed by atoms with Gasteiger partial charge in [-0.3, -0.25) is 0 Å². The van der Waals surface area contributed by atoms with Crippen LogP contribution in [0.1, 0.15) is 67.7 Å². The standard InChI is InChI=1S/C18H35NO3/c1-9-16(6)11-18(21-12-15(4,5)13-22-18)14(3)17(7,10-2)19(16)20-8/h14H,9-13H2,1-8H3. The molecule has 0 aromatic heterocycles. The maximum Gasteiger partial charge on any atom is 0.174 e. The molecule has 2 saturated heterocycles. The largest absolute Gasteiger partial charge is 0.349 e. The lowest BCUT2D eigenvalue weighted by molar-refractivity contribution is -0.403. The van der Waals surface area contributed by atoms with Crippen LogP contribution < -0.4 is 0 Å². The SMILES string of the molecule is CCC1(C)CC2(OCC(C)(C)CO2)C(C)C(C)(CC)N1OC. The van der Waals surface area contributed by atoms with Crippen LogP contribution in [0, 0.1) is 11.3 Å². The molecule has 3 atom stereocenters. The van der Waals surface area contributed by atoms with Gasteiger partial charge in [-0.15, -0.1) is 0 Å². The molecule has 2 heterocycles. The first-order chi connectivity index (χ1) is 10.1. The zero-order chi connectivity index (χ0) is 16.8. The highest BCUT2D eigenvalue weighted by Gasteiger charge is 2.62. The first-order valence-electron chi connectivity index (χ1n) is 8.71. The van der Waals surface area contributed by atoms with Crippen molar-refractivity contribution in [3.8, 4) is 0 Å². The summed E-state index contributed by atoms with van der Waals surface area (Å²) in [6, 6.07) is 0. The lowest BCUT2D eigenvalue weighted by Crippen LogP contribution is -2.73. The number of hydrogen-bond donors (Lipinski definition) is 0. The third-order valence-corrected chi connectivity index (χ3v) is 6.25. The Morgan fingerprint density at radius 1 is 1.05 bits per heavy atom. The minimum atomic E-state index is -0.500. The third-order valence-electron chi connectivity index (χ3n) is 6.25. The van der Waals surface area contributed by atoms with Crippen molar-refractivity contribution in [2.24, 2.45) is 11.3 Å². The number of nitrogens with zero attached hydrogens (tertiary/aromatic N) is 1. The smallest absolute Gasteiger partial charge is 0.174 e. The van der Waals surface area contributed by atoms with Crippen molar-refractivity contribution in [1.29, 1.82) is 0 Å². The highest BCUT2D eigenvalue weighted by atomic mass is 16.7. The summed E-state index contributed by atoms with van der Waals surface area (Å²) in [6.45, 7) is 17.2. The van der Waals surface area contributed by atoms with Crippen LogP contribution in [0.2, 0.25) is 0 Å². The third kappa shape index (κ3) is 2.62. The molecule has 0 aromatic rings. The Balaban J connectivity index is 2.42. The Kier molecular flexibility index (Phi) is 4.73. The summed E-state index contributed by atoms with van der Waals surface area (Å²) in [7, 11) is 1.79. The van der Waals surface area contributed by atoms with Gasteiger partial charge in [-0.1, -0.05) is 34.6 Å². The van der Waals surface area contributed by atoms with E-state index in [1.54, 1.807) is 7.11 Å². The van der Waals surface area contributed by atoms with E-state index in [4.69, 9.17) is 14.3 Å². The van der Waals surface area contributed by atoms with Crippen molar-refractivity contribution in [3.63, 3.8) is 0 Å². The van der Waals surface area contributed by atoms with E-state index in [9.17, 15) is 0 Å². The van der Waals surface area contributed by atoms with E-state index in [1.165, 1.54) is 0 Å². The topological polar surface area (TPSA) is 30.9 Å². The molecule has 4 heteroatoms. The Morgan fingerprint density at radius 2 is 1.59 bits per heavy atom. The molecule has 2 aliphatic rings. The quantitative estimate of drug-likeness (QED) is 0.788. The second-order valence-electron chi connectivity index (χ2n) is 8.49. The van der Waals surface area contributed by atoms with Gasteiger partial charge in [0.05, 0.1) is 25.9 Å². The Hall–Kier alpha value is -0.160. The van der Waals surface area contributed by atoms with Crippen molar-refractivity contribution in [2.45, 2.75) is 84.6 Å². The molecule has 22 heavy (non-hydrogen) atoms. The van der Waals surface area contributed by atoms with Gasteiger partial charge >= 0.3 is 0 Å². The Labute approximate surface area is 136 Å². The fraction of sp³-hybridized carbons (Fsp3) is 1.00. The van der Waals surface area contributed by atoms with Crippen LogP contribution >= 0.6 is 0 Å². The molecular formula is C18H35NO3. The molecule has 0 radical (unpaired) electrons. The van der Waals surface area contributed by atoms with Gasteiger partial charge in [0.15, 0.2) is 5.79 Å². The van der Waals surface area contributed by atoms with Crippen molar-refractivity contribution in [2.75, 3.05) is 20.3 Å². The lowest BCUT2D eigenvalue weighted by Gasteiger charge is -2.64. The second kappa shape index (κ2) is 5.73. The molecule has 0 amide bonds. The second-order valence-corrected chi connectivity index (χ2v) is 8.49. The van der Waals surface area contributed by atoms with E-state index in [1.807, 2.05) is 0 Å². The molecule has 0 aliphatic carbocycles. The van der Waals surface area contributed by atoms with Crippen molar-refractivity contribution >= 4 is 0 Å². The Bertz CT molecular complexity index is 401. The number of hydroxylamine groups is 2. The molecule has 3 unspecified atom stereocenters. The summed E-state index contributed by atoms with van der Waals surface area (Å²) in [5.41, 5.74) is -0.110. The monoisotopic (exact) mass is 313 g/mol. The van der Waals surface area contributed by atoms with Gasteiger partial charge in [-0.2, -0.15) is 5.06 Å². The van der Waals surface area contributed by atoms with Gasteiger partial charge < -0.3 is 14.3 Å². The molecule has 130 valence electrons. The number of ether oxygens (including phenoxy) is 2. The van der Waals surface area contributed by atoms with Gasteiger partial charge in [-0.05, 0) is 26.7 Å². The zero-order valence-electron chi connectivity index (χ0n) is 15.8. The molecule has 2 aliphatic heterocycles. The zero-order valence-corrected chi connectivity index (χ0v) is 15.8. The Morgan fingerprint density at radius 3 is 2.00 bits per heavy atom. The molecule has 2 fully saturated rings. The van der Waals surface area contributed by atoms with Gasteiger partial charge in [0.25, 0.3) is 0 Å². The minimum Gasteiger partial charge on any atom is -0.349 e. The molecule has 0 N–H and O–H groups in total. The molecule has 4 nitrogen and oxygen atoms in total. The van der Waals surface area contributed by atoms with Crippen molar-refractivity contribution < 1.29 is 14.3 Å². The summed E-state index contributed by atoms with van der Waals surface area (Å²) in [6.07, 6.45) is 2.84. The van der Waals surface area contributed by atoms with Crippen LogP contribution in [0.5, 0.6) is 0 Å². The van der Waals surface area contributed by atoms with Gasteiger partial charge in [0, 0.05) is 23.3 Å². The van der Waals surface area contributed by atoms with E-state index in [2.05, 4.69) is 53.5 Å². The normalized spacial score (nSPS) is 41.7. The van der Waals surface area contributed by atoms with Crippen LogP contribution in [0.3, 0.4) is 0 Å². The molecule has 0 bridgehead atoms. The average molecular weight is 313 g/mol. The molecule has 0 saturated carbocycles. The minimum absolute atomic E-state index is 0.0898. The van der Waals surface area contributed by atoms with E-state index in [0.717, 1.165) is 32.5 Å².